The average Bonchev–Trinajstić information content (AvgIpc) is 3.30. The van der Waals surface area contributed by atoms with Gasteiger partial charge in [0.15, 0.2) is 5.76 Å². The normalized spacial score (nSPS) is 10.3. The maximum Gasteiger partial charge on any atom is 0.287 e. The Morgan fingerprint density at radius 2 is 1.75 bits per heavy atom. The Hall–Kier alpha value is -3.35. The fourth-order valence-electron chi connectivity index (χ4n) is 2.19. The molecule has 7 nitrogen and oxygen atoms in total. The molecule has 2 N–H and O–H groups in total. The Kier molecular flexibility index (Phi) is 4.71. The molecule has 0 saturated carbocycles. The molecule has 0 saturated heterocycles. The highest BCUT2D eigenvalue weighted by Gasteiger charge is 2.13. The van der Waals surface area contributed by atoms with Crippen LogP contribution >= 0.6 is 0 Å². The van der Waals surface area contributed by atoms with Gasteiger partial charge in [0.1, 0.15) is 5.69 Å². The molecule has 0 fully saturated rings. The Balaban J connectivity index is 1.53. The van der Waals surface area contributed by atoms with Gasteiger partial charge in [-0.1, -0.05) is 18.2 Å². The van der Waals surface area contributed by atoms with Gasteiger partial charge < -0.3 is 15.1 Å². The molecule has 24 heavy (non-hydrogen) atoms. The summed E-state index contributed by atoms with van der Waals surface area (Å²) in [6, 6.07) is 12.7. The number of imidazole rings is 1. The second-order valence-electron chi connectivity index (χ2n) is 4.97. The van der Waals surface area contributed by atoms with Crippen LogP contribution in [0.3, 0.4) is 0 Å². The van der Waals surface area contributed by atoms with Gasteiger partial charge in [0.2, 0.25) is 0 Å². The van der Waals surface area contributed by atoms with Crippen LogP contribution in [0.4, 0.5) is 0 Å². The van der Waals surface area contributed by atoms with E-state index in [4.69, 9.17) is 4.42 Å². The van der Waals surface area contributed by atoms with Gasteiger partial charge in [0.05, 0.1) is 18.8 Å². The second kappa shape index (κ2) is 7.28. The SMILES string of the molecule is O=C(NCCNC(=O)c1cncn1-c1ccccc1)c1ccco1. The van der Waals surface area contributed by atoms with Crippen molar-refractivity contribution < 1.29 is 14.0 Å². The highest BCUT2D eigenvalue weighted by atomic mass is 16.3. The lowest BCUT2D eigenvalue weighted by Gasteiger charge is -2.09. The summed E-state index contributed by atoms with van der Waals surface area (Å²) in [6.45, 7) is 0.593. The van der Waals surface area contributed by atoms with Gasteiger partial charge in [-0.2, -0.15) is 0 Å². The molecule has 2 aromatic heterocycles. The molecule has 1 aromatic carbocycles. The van der Waals surface area contributed by atoms with Gasteiger partial charge >= 0.3 is 0 Å². The molecule has 3 aromatic rings. The molecule has 0 aliphatic heterocycles. The predicted molar refractivity (Wildman–Crippen MR) is 86.9 cm³/mol. The van der Waals surface area contributed by atoms with E-state index in [1.165, 1.54) is 12.5 Å². The van der Waals surface area contributed by atoms with E-state index in [1.54, 1.807) is 23.0 Å². The smallest absolute Gasteiger partial charge is 0.287 e. The predicted octanol–water partition coefficient (Wildman–Crippen LogP) is 1.63. The summed E-state index contributed by atoms with van der Waals surface area (Å²) in [7, 11) is 0. The molecule has 0 aliphatic carbocycles. The first-order chi connectivity index (χ1) is 11.8. The number of rotatable bonds is 6. The Morgan fingerprint density at radius 3 is 2.46 bits per heavy atom. The first-order valence-electron chi connectivity index (χ1n) is 7.43. The zero-order valence-electron chi connectivity index (χ0n) is 12.8. The van der Waals surface area contributed by atoms with E-state index in [1.807, 2.05) is 30.3 Å². The number of benzene rings is 1. The van der Waals surface area contributed by atoms with Gasteiger partial charge in [-0.25, -0.2) is 4.98 Å². The van der Waals surface area contributed by atoms with Gasteiger partial charge in [0, 0.05) is 18.8 Å². The number of para-hydroxylation sites is 1. The Morgan fingerprint density at radius 1 is 1.00 bits per heavy atom. The first-order valence-corrected chi connectivity index (χ1v) is 7.43. The average molecular weight is 324 g/mol. The van der Waals surface area contributed by atoms with Crippen LogP contribution in [-0.4, -0.2) is 34.5 Å². The van der Waals surface area contributed by atoms with Crippen LogP contribution in [0, 0.1) is 0 Å². The highest BCUT2D eigenvalue weighted by molar-refractivity contribution is 5.93. The number of nitrogens with zero attached hydrogens (tertiary/aromatic N) is 2. The lowest BCUT2D eigenvalue weighted by Crippen LogP contribution is -2.35. The van der Waals surface area contributed by atoms with Crippen LogP contribution in [0.25, 0.3) is 5.69 Å². The van der Waals surface area contributed by atoms with E-state index in [0.29, 0.717) is 18.8 Å². The number of carbonyl (C=O) groups is 2. The van der Waals surface area contributed by atoms with Crippen molar-refractivity contribution in [3.63, 3.8) is 0 Å². The molecule has 2 heterocycles. The maximum atomic E-state index is 12.3. The van der Waals surface area contributed by atoms with E-state index in [0.717, 1.165) is 5.69 Å². The lowest BCUT2D eigenvalue weighted by atomic mass is 10.3. The minimum Gasteiger partial charge on any atom is -0.459 e. The molecule has 0 bridgehead atoms. The molecule has 2 amide bonds. The molecule has 0 radical (unpaired) electrons. The van der Waals surface area contributed by atoms with Crippen molar-refractivity contribution in [2.45, 2.75) is 0 Å². The largest absolute Gasteiger partial charge is 0.459 e. The van der Waals surface area contributed by atoms with Crippen molar-refractivity contribution in [2.24, 2.45) is 0 Å². The number of aromatic nitrogens is 2. The Labute approximate surface area is 138 Å². The summed E-state index contributed by atoms with van der Waals surface area (Å²) in [4.78, 5) is 28.0. The van der Waals surface area contributed by atoms with Gasteiger partial charge in [-0.15, -0.1) is 0 Å². The topological polar surface area (TPSA) is 89.2 Å². The summed E-state index contributed by atoms with van der Waals surface area (Å²) in [5, 5.41) is 5.41. The van der Waals surface area contributed by atoms with Crippen molar-refractivity contribution in [2.75, 3.05) is 13.1 Å². The van der Waals surface area contributed by atoms with Crippen LogP contribution in [0.1, 0.15) is 21.0 Å². The molecule has 7 heteroatoms. The molecule has 0 unspecified atom stereocenters. The molecule has 0 aliphatic rings. The van der Waals surface area contributed by atoms with E-state index < -0.39 is 0 Å². The van der Waals surface area contributed by atoms with Crippen molar-refractivity contribution in [3.05, 3.63) is 72.7 Å². The highest BCUT2D eigenvalue weighted by Crippen LogP contribution is 2.10. The lowest BCUT2D eigenvalue weighted by molar-refractivity contribution is 0.0908. The summed E-state index contributed by atoms with van der Waals surface area (Å²) >= 11 is 0. The number of amides is 2. The zero-order valence-corrected chi connectivity index (χ0v) is 12.8. The van der Waals surface area contributed by atoms with Crippen molar-refractivity contribution in [3.8, 4) is 5.69 Å². The van der Waals surface area contributed by atoms with Crippen molar-refractivity contribution in [1.29, 1.82) is 0 Å². The van der Waals surface area contributed by atoms with E-state index in [-0.39, 0.29) is 17.6 Å². The van der Waals surface area contributed by atoms with Crippen LogP contribution in [0.15, 0.2) is 65.7 Å². The Bertz CT molecular complexity index is 810. The second-order valence-corrected chi connectivity index (χ2v) is 4.97. The number of nitrogens with one attached hydrogen (secondary N) is 2. The van der Waals surface area contributed by atoms with E-state index in [9.17, 15) is 9.59 Å². The third-order valence-corrected chi connectivity index (χ3v) is 3.35. The molecule has 3 rings (SSSR count). The number of hydrogen-bond acceptors (Lipinski definition) is 4. The number of carbonyl (C=O) groups excluding carboxylic acids is 2. The van der Waals surface area contributed by atoms with Crippen LogP contribution < -0.4 is 10.6 Å². The summed E-state index contributed by atoms with van der Waals surface area (Å²) < 4.78 is 6.69. The van der Waals surface area contributed by atoms with E-state index >= 15 is 0 Å². The summed E-state index contributed by atoms with van der Waals surface area (Å²) in [6.07, 6.45) is 4.52. The van der Waals surface area contributed by atoms with Crippen LogP contribution in [0.5, 0.6) is 0 Å². The summed E-state index contributed by atoms with van der Waals surface area (Å²) in [5.74, 6) is -0.337. The standard InChI is InChI=1S/C17H16N4O3/c22-16(19-8-9-20-17(23)15-7-4-10-24-15)14-11-18-12-21(14)13-5-2-1-3-6-13/h1-7,10-12H,8-9H2,(H,19,22)(H,20,23). The minimum absolute atomic E-state index is 0.239. The molecule has 0 atom stereocenters. The van der Waals surface area contributed by atoms with Gasteiger partial charge in [-0.05, 0) is 24.3 Å². The quantitative estimate of drug-likeness (QED) is 0.674. The third kappa shape index (κ3) is 3.52. The van der Waals surface area contributed by atoms with Crippen molar-refractivity contribution >= 4 is 11.8 Å². The fourth-order valence-corrected chi connectivity index (χ4v) is 2.19. The molecule has 122 valence electrons. The maximum absolute atomic E-state index is 12.3. The molecule has 0 spiro atoms. The van der Waals surface area contributed by atoms with Crippen LogP contribution in [-0.2, 0) is 0 Å². The minimum atomic E-state index is -0.316. The van der Waals surface area contributed by atoms with Gasteiger partial charge in [-0.3, -0.25) is 14.2 Å². The zero-order chi connectivity index (χ0) is 16.8. The summed E-state index contributed by atoms with van der Waals surface area (Å²) in [5.41, 5.74) is 1.28. The number of furan rings is 1. The van der Waals surface area contributed by atoms with E-state index in [2.05, 4.69) is 15.6 Å². The third-order valence-electron chi connectivity index (χ3n) is 3.35. The monoisotopic (exact) mass is 324 g/mol. The van der Waals surface area contributed by atoms with Gasteiger partial charge in [0.25, 0.3) is 11.8 Å². The fraction of sp³-hybridized carbons (Fsp3) is 0.118. The number of hydrogen-bond donors (Lipinski definition) is 2. The molecular weight excluding hydrogens is 308 g/mol. The van der Waals surface area contributed by atoms with Crippen LogP contribution in [0.2, 0.25) is 0 Å². The first kappa shape index (κ1) is 15.5. The molecular formula is C17H16N4O3. The van der Waals surface area contributed by atoms with Crippen molar-refractivity contribution in [1.82, 2.24) is 20.2 Å².